The summed E-state index contributed by atoms with van der Waals surface area (Å²) < 4.78 is 0. The second kappa shape index (κ2) is 7.03. The van der Waals surface area contributed by atoms with Gasteiger partial charge in [-0.1, -0.05) is 19.1 Å². The Morgan fingerprint density at radius 2 is 1.92 bits per heavy atom. The molecule has 6 heteroatoms. The lowest BCUT2D eigenvalue weighted by atomic mass is 10.1. The number of carbonyl (C=O) groups is 3. The second-order valence-corrected chi connectivity index (χ2v) is 6.48. The number of benzene rings is 1. The largest absolute Gasteiger partial charge is 0.352 e. The highest BCUT2D eigenvalue weighted by molar-refractivity contribution is 6.00. The molecule has 1 aliphatic carbocycles. The van der Waals surface area contributed by atoms with Crippen molar-refractivity contribution in [2.24, 2.45) is 5.92 Å². The zero-order valence-electron chi connectivity index (χ0n) is 13.9. The van der Waals surface area contributed by atoms with Gasteiger partial charge in [0.15, 0.2) is 0 Å². The van der Waals surface area contributed by atoms with Gasteiger partial charge in [-0.25, -0.2) is 0 Å². The van der Waals surface area contributed by atoms with E-state index in [0.29, 0.717) is 6.54 Å². The number of rotatable bonds is 6. The maximum atomic E-state index is 12.2. The van der Waals surface area contributed by atoms with Crippen LogP contribution in [0.1, 0.15) is 31.7 Å². The van der Waals surface area contributed by atoms with Crippen molar-refractivity contribution in [3.63, 3.8) is 0 Å². The lowest BCUT2D eigenvalue weighted by Gasteiger charge is -2.17. The molecular formula is C18H23N3O3. The minimum absolute atomic E-state index is 0.0226. The molecule has 0 radical (unpaired) electrons. The molecule has 1 saturated heterocycles. The van der Waals surface area contributed by atoms with Crippen molar-refractivity contribution in [2.45, 2.75) is 38.6 Å². The van der Waals surface area contributed by atoms with Gasteiger partial charge in [0.05, 0.1) is 12.5 Å². The van der Waals surface area contributed by atoms with E-state index in [1.807, 2.05) is 24.3 Å². The Morgan fingerprint density at radius 3 is 2.54 bits per heavy atom. The Labute approximate surface area is 141 Å². The third-order valence-corrected chi connectivity index (χ3v) is 4.52. The number of anilines is 1. The summed E-state index contributed by atoms with van der Waals surface area (Å²) in [7, 11) is 0. The molecule has 0 aromatic heterocycles. The zero-order chi connectivity index (χ0) is 17.1. The first kappa shape index (κ1) is 16.5. The van der Waals surface area contributed by atoms with Crippen LogP contribution in [0.4, 0.5) is 5.69 Å². The molecular weight excluding hydrogens is 306 g/mol. The molecule has 1 aromatic rings. The Bertz CT molecular complexity index is 637. The molecule has 1 aromatic carbocycles. The molecule has 3 rings (SSSR count). The van der Waals surface area contributed by atoms with Gasteiger partial charge in [-0.05, 0) is 37.0 Å². The first-order valence-electron chi connectivity index (χ1n) is 8.53. The number of nitrogens with zero attached hydrogens (tertiary/aromatic N) is 1. The van der Waals surface area contributed by atoms with Gasteiger partial charge in [-0.2, -0.15) is 0 Å². The van der Waals surface area contributed by atoms with Gasteiger partial charge in [0.1, 0.15) is 0 Å². The summed E-state index contributed by atoms with van der Waals surface area (Å²) in [6, 6.07) is 8.11. The van der Waals surface area contributed by atoms with E-state index in [1.54, 1.807) is 4.90 Å². The molecule has 1 unspecified atom stereocenters. The third-order valence-electron chi connectivity index (χ3n) is 4.52. The summed E-state index contributed by atoms with van der Waals surface area (Å²) in [6.45, 7) is 2.42. The SMILES string of the molecule is CCc1ccc(N2CC(C(=O)NCC(=O)NC3CC3)CC2=O)cc1. The molecule has 1 aliphatic heterocycles. The molecule has 128 valence electrons. The van der Waals surface area contributed by atoms with Crippen LogP contribution in [0.15, 0.2) is 24.3 Å². The predicted molar refractivity (Wildman–Crippen MR) is 90.5 cm³/mol. The average Bonchev–Trinajstić information content (AvgIpc) is 3.31. The molecule has 1 heterocycles. The van der Waals surface area contributed by atoms with Gasteiger partial charge in [0.25, 0.3) is 0 Å². The molecule has 0 spiro atoms. The van der Waals surface area contributed by atoms with Gasteiger partial charge >= 0.3 is 0 Å². The quantitative estimate of drug-likeness (QED) is 0.817. The number of amides is 3. The topological polar surface area (TPSA) is 78.5 Å². The van der Waals surface area contributed by atoms with E-state index in [4.69, 9.17) is 0 Å². The van der Waals surface area contributed by atoms with Crippen molar-refractivity contribution in [3.05, 3.63) is 29.8 Å². The van der Waals surface area contributed by atoms with E-state index in [1.165, 1.54) is 5.56 Å². The van der Waals surface area contributed by atoms with Crippen LogP contribution in [0.25, 0.3) is 0 Å². The van der Waals surface area contributed by atoms with Crippen LogP contribution in [0.5, 0.6) is 0 Å². The summed E-state index contributed by atoms with van der Waals surface area (Å²) in [4.78, 5) is 37.7. The minimum Gasteiger partial charge on any atom is -0.352 e. The average molecular weight is 329 g/mol. The van der Waals surface area contributed by atoms with Crippen LogP contribution < -0.4 is 15.5 Å². The fourth-order valence-electron chi connectivity index (χ4n) is 2.86. The molecule has 2 fully saturated rings. The fraction of sp³-hybridized carbons (Fsp3) is 0.500. The summed E-state index contributed by atoms with van der Waals surface area (Å²) in [5.41, 5.74) is 2.03. The Morgan fingerprint density at radius 1 is 1.21 bits per heavy atom. The molecule has 2 N–H and O–H groups in total. The van der Waals surface area contributed by atoms with Crippen molar-refractivity contribution < 1.29 is 14.4 Å². The van der Waals surface area contributed by atoms with Gasteiger partial charge < -0.3 is 15.5 Å². The smallest absolute Gasteiger partial charge is 0.239 e. The van der Waals surface area contributed by atoms with Crippen molar-refractivity contribution in [3.8, 4) is 0 Å². The van der Waals surface area contributed by atoms with E-state index < -0.39 is 5.92 Å². The highest BCUT2D eigenvalue weighted by Gasteiger charge is 2.35. The Kier molecular flexibility index (Phi) is 4.83. The van der Waals surface area contributed by atoms with Crippen LogP contribution >= 0.6 is 0 Å². The van der Waals surface area contributed by atoms with Gasteiger partial charge in [0, 0.05) is 24.7 Å². The van der Waals surface area contributed by atoms with Crippen molar-refractivity contribution in [2.75, 3.05) is 18.0 Å². The fourth-order valence-corrected chi connectivity index (χ4v) is 2.86. The molecule has 1 atom stereocenters. The number of aryl methyl sites for hydroxylation is 1. The van der Waals surface area contributed by atoms with Gasteiger partial charge in [-0.3, -0.25) is 14.4 Å². The van der Waals surface area contributed by atoms with Crippen LogP contribution in [-0.4, -0.2) is 36.9 Å². The highest BCUT2D eigenvalue weighted by atomic mass is 16.2. The lowest BCUT2D eigenvalue weighted by Crippen LogP contribution is -2.40. The van der Waals surface area contributed by atoms with E-state index in [2.05, 4.69) is 17.6 Å². The number of carbonyl (C=O) groups excluding carboxylic acids is 3. The van der Waals surface area contributed by atoms with Gasteiger partial charge in [-0.15, -0.1) is 0 Å². The number of hydrogen-bond acceptors (Lipinski definition) is 3. The van der Waals surface area contributed by atoms with E-state index in [-0.39, 0.29) is 36.7 Å². The number of nitrogens with one attached hydrogen (secondary N) is 2. The van der Waals surface area contributed by atoms with Crippen molar-refractivity contribution in [1.82, 2.24) is 10.6 Å². The summed E-state index contributed by atoms with van der Waals surface area (Å²) in [5.74, 6) is -0.858. The molecule has 2 aliphatic rings. The lowest BCUT2D eigenvalue weighted by molar-refractivity contribution is -0.129. The summed E-state index contributed by atoms with van der Waals surface area (Å²) >= 11 is 0. The van der Waals surface area contributed by atoms with Crippen LogP contribution in [-0.2, 0) is 20.8 Å². The molecule has 3 amide bonds. The third kappa shape index (κ3) is 3.93. The Hall–Kier alpha value is -2.37. The highest BCUT2D eigenvalue weighted by Crippen LogP contribution is 2.25. The normalized spacial score (nSPS) is 20.1. The Balaban J connectivity index is 1.52. The first-order chi connectivity index (χ1) is 11.6. The standard InChI is InChI=1S/C18H23N3O3/c1-2-12-3-7-15(8-4-12)21-11-13(9-17(21)23)18(24)19-10-16(22)20-14-5-6-14/h3-4,7-8,13-14H,2,5-6,9-11H2,1H3,(H,19,24)(H,20,22). The van der Waals surface area contributed by atoms with E-state index >= 15 is 0 Å². The summed E-state index contributed by atoms with van der Waals surface area (Å²) in [5, 5.41) is 5.46. The predicted octanol–water partition coefficient (Wildman–Crippen LogP) is 0.997. The first-order valence-corrected chi connectivity index (χ1v) is 8.53. The van der Waals surface area contributed by atoms with Crippen LogP contribution in [0, 0.1) is 5.92 Å². The molecule has 6 nitrogen and oxygen atoms in total. The van der Waals surface area contributed by atoms with E-state index in [0.717, 1.165) is 24.9 Å². The maximum Gasteiger partial charge on any atom is 0.239 e. The number of hydrogen-bond donors (Lipinski definition) is 2. The second-order valence-electron chi connectivity index (χ2n) is 6.48. The van der Waals surface area contributed by atoms with Crippen molar-refractivity contribution >= 4 is 23.4 Å². The van der Waals surface area contributed by atoms with Crippen molar-refractivity contribution in [1.29, 1.82) is 0 Å². The molecule has 0 bridgehead atoms. The maximum absolute atomic E-state index is 12.2. The van der Waals surface area contributed by atoms with Crippen LogP contribution in [0.2, 0.25) is 0 Å². The molecule has 24 heavy (non-hydrogen) atoms. The van der Waals surface area contributed by atoms with E-state index in [9.17, 15) is 14.4 Å². The summed E-state index contributed by atoms with van der Waals surface area (Å²) in [6.07, 6.45) is 3.17. The van der Waals surface area contributed by atoms with Gasteiger partial charge in [0.2, 0.25) is 17.7 Å². The monoisotopic (exact) mass is 329 g/mol. The molecule has 1 saturated carbocycles. The minimum atomic E-state index is -0.405. The van der Waals surface area contributed by atoms with Crippen LogP contribution in [0.3, 0.4) is 0 Å². The zero-order valence-corrected chi connectivity index (χ0v) is 13.9.